The average molecular weight is 481 g/mol. The minimum Gasteiger partial charge on any atom is -0.405 e. The highest BCUT2D eigenvalue weighted by Gasteiger charge is 2.56. The second-order valence-corrected chi connectivity index (χ2v) is 14.6. The zero-order chi connectivity index (χ0) is 24.6. The van der Waals surface area contributed by atoms with E-state index in [1.807, 2.05) is 50.2 Å². The van der Waals surface area contributed by atoms with Crippen LogP contribution in [0.1, 0.15) is 34.6 Å². The molecule has 2 fully saturated rings. The van der Waals surface area contributed by atoms with Crippen molar-refractivity contribution < 1.29 is 18.7 Å². The molecule has 1 N–H and O–H groups in total. The van der Waals surface area contributed by atoms with Crippen LogP contribution in [0.25, 0.3) is 10.4 Å². The van der Waals surface area contributed by atoms with Gasteiger partial charge in [-0.15, -0.1) is 0 Å². The number of nitrogens with one attached hydrogen (secondary N) is 1. The van der Waals surface area contributed by atoms with Crippen LogP contribution >= 0.6 is 0 Å². The first-order valence-electron chi connectivity index (χ1n) is 11.5. The van der Waals surface area contributed by atoms with Gasteiger partial charge in [0.05, 0.1) is 12.6 Å². The Morgan fingerprint density at radius 2 is 1.62 bits per heavy atom. The number of carbonyl (C=O) groups excluding carboxylic acids is 1. The Bertz CT molecular complexity index is 1030. The number of rotatable bonds is 7. The van der Waals surface area contributed by atoms with Gasteiger partial charge >= 0.3 is 0 Å². The van der Waals surface area contributed by atoms with Crippen molar-refractivity contribution in [2.24, 2.45) is 5.11 Å². The summed E-state index contributed by atoms with van der Waals surface area (Å²) in [6.45, 7) is 10.6. The summed E-state index contributed by atoms with van der Waals surface area (Å²) < 4.78 is 19.4. The lowest BCUT2D eigenvalue weighted by Crippen LogP contribution is -2.69. The fourth-order valence-corrected chi connectivity index (χ4v) is 9.67. The Balaban J connectivity index is 1.70. The van der Waals surface area contributed by atoms with Gasteiger partial charge < -0.3 is 19.2 Å². The van der Waals surface area contributed by atoms with Gasteiger partial charge in [-0.25, -0.2) is 0 Å². The van der Waals surface area contributed by atoms with Crippen LogP contribution in [0.4, 0.5) is 0 Å². The van der Waals surface area contributed by atoms with Crippen LogP contribution < -0.4 is 15.7 Å². The first-order valence-corrected chi connectivity index (χ1v) is 13.4. The normalized spacial score (nSPS) is 26.3. The lowest BCUT2D eigenvalue weighted by molar-refractivity contribution is -0.156. The summed E-state index contributed by atoms with van der Waals surface area (Å²) in [6.07, 6.45) is -0.944. The van der Waals surface area contributed by atoms with Gasteiger partial charge in [0.2, 0.25) is 5.91 Å². The van der Waals surface area contributed by atoms with Crippen LogP contribution in [0.2, 0.25) is 5.04 Å². The highest BCUT2D eigenvalue weighted by atomic mass is 28.4. The Kier molecular flexibility index (Phi) is 6.59. The first-order chi connectivity index (χ1) is 16.1. The Morgan fingerprint density at radius 1 is 1.06 bits per heavy atom. The maximum absolute atomic E-state index is 12.0. The summed E-state index contributed by atoms with van der Waals surface area (Å²) in [7, 11) is -2.77. The quantitative estimate of drug-likeness (QED) is 0.216. The van der Waals surface area contributed by atoms with Gasteiger partial charge in [-0.1, -0.05) is 86.5 Å². The Labute approximate surface area is 201 Å². The molecule has 9 heteroatoms. The highest BCUT2D eigenvalue weighted by Crippen LogP contribution is 2.39. The lowest BCUT2D eigenvalue weighted by atomic mass is 9.91. The molecule has 8 nitrogen and oxygen atoms in total. The first kappa shape index (κ1) is 24.4. The molecule has 0 unspecified atom stereocenters. The van der Waals surface area contributed by atoms with Crippen LogP contribution in [0, 0.1) is 0 Å². The van der Waals surface area contributed by atoms with E-state index >= 15 is 0 Å². The van der Waals surface area contributed by atoms with Gasteiger partial charge in [-0.05, 0) is 34.8 Å². The smallest absolute Gasteiger partial charge is 0.261 e. The van der Waals surface area contributed by atoms with Crippen LogP contribution in [-0.4, -0.2) is 50.9 Å². The summed E-state index contributed by atoms with van der Waals surface area (Å²) in [6, 6.07) is 19.5. The van der Waals surface area contributed by atoms with Gasteiger partial charge in [0.15, 0.2) is 5.79 Å². The van der Waals surface area contributed by atoms with Gasteiger partial charge in [0.1, 0.15) is 18.2 Å². The molecule has 0 radical (unpaired) electrons. The van der Waals surface area contributed by atoms with E-state index in [2.05, 4.69) is 60.4 Å². The Morgan fingerprint density at radius 3 is 2.09 bits per heavy atom. The summed E-state index contributed by atoms with van der Waals surface area (Å²) >= 11 is 0. The van der Waals surface area contributed by atoms with Crippen molar-refractivity contribution in [1.29, 1.82) is 0 Å². The third-order valence-corrected chi connectivity index (χ3v) is 11.6. The predicted molar refractivity (Wildman–Crippen MR) is 132 cm³/mol. The number of benzene rings is 2. The third-order valence-electron chi connectivity index (χ3n) is 6.55. The van der Waals surface area contributed by atoms with Gasteiger partial charge in [-0.3, -0.25) is 4.79 Å². The lowest BCUT2D eigenvalue weighted by Gasteiger charge is -2.44. The number of nitrogens with zero attached hydrogens (tertiary/aromatic N) is 3. The number of β-lactam (4-membered cyclic amide) rings is 1. The number of amides is 1. The zero-order valence-corrected chi connectivity index (χ0v) is 21.3. The number of carbonyl (C=O) groups is 1. The summed E-state index contributed by atoms with van der Waals surface area (Å²) in [5.41, 5.74) is 8.89. The maximum atomic E-state index is 12.0. The molecule has 2 aromatic carbocycles. The molecule has 1 amide bonds. The van der Waals surface area contributed by atoms with Crippen molar-refractivity contribution in [3.05, 3.63) is 71.1 Å². The molecule has 2 aromatic rings. The molecule has 180 valence electrons. The molecule has 0 aliphatic carbocycles. The summed E-state index contributed by atoms with van der Waals surface area (Å²) in [4.78, 5) is 14.8. The van der Waals surface area contributed by atoms with Gasteiger partial charge in [0.25, 0.3) is 8.32 Å². The van der Waals surface area contributed by atoms with Crippen molar-refractivity contribution in [3.63, 3.8) is 0 Å². The fraction of sp³-hybridized carbons (Fsp3) is 0.480. The van der Waals surface area contributed by atoms with E-state index in [4.69, 9.17) is 19.4 Å². The van der Waals surface area contributed by atoms with Crippen LogP contribution in [0.15, 0.2) is 65.8 Å². The number of ether oxygens (including phenoxy) is 2. The molecule has 2 aliphatic heterocycles. The van der Waals surface area contributed by atoms with Crippen molar-refractivity contribution in [2.75, 3.05) is 6.61 Å². The van der Waals surface area contributed by atoms with Crippen LogP contribution in [-0.2, 0) is 18.7 Å². The molecule has 2 heterocycles. The van der Waals surface area contributed by atoms with Crippen LogP contribution in [0.3, 0.4) is 0 Å². The average Bonchev–Trinajstić information content (AvgIpc) is 3.10. The largest absolute Gasteiger partial charge is 0.405 e. The predicted octanol–water partition coefficient (Wildman–Crippen LogP) is 3.26. The third kappa shape index (κ3) is 4.37. The molecule has 4 atom stereocenters. The van der Waals surface area contributed by atoms with E-state index in [1.54, 1.807) is 0 Å². The van der Waals surface area contributed by atoms with Gasteiger partial charge in [-0.2, -0.15) is 0 Å². The van der Waals surface area contributed by atoms with Crippen molar-refractivity contribution >= 4 is 24.6 Å². The SMILES string of the molecule is CC1(C)O[C@@H]([C@@H]2NC(=O)[C@H]2N=[N+]=[N-])[C@@H](CO[Si](c2ccccc2)(c2ccccc2)C(C)(C)C)O1. The fourth-order valence-electron chi connectivity index (χ4n) is 5.10. The van der Waals surface area contributed by atoms with Gasteiger partial charge in [0, 0.05) is 4.91 Å². The van der Waals surface area contributed by atoms with E-state index in [0.717, 1.165) is 0 Å². The second kappa shape index (κ2) is 9.17. The molecule has 34 heavy (non-hydrogen) atoms. The Hall–Kier alpha value is -2.68. The standard InChI is InChI=1S/C25H32N4O4Si/c1-24(2,3)34(17-12-8-6-9-13-17,18-14-10-7-11-15-18)31-16-19-22(33-25(4,5)32-19)20-21(28-29-26)23(30)27-20/h6-15,19-22H,16H2,1-5H3,(H,27,30)/t19-,20-,21+,22-/m1/s1. The molecule has 2 aliphatic rings. The van der Waals surface area contributed by atoms with E-state index in [-0.39, 0.29) is 17.6 Å². The van der Waals surface area contributed by atoms with Crippen molar-refractivity contribution in [1.82, 2.24) is 5.32 Å². The van der Waals surface area contributed by atoms with E-state index in [1.165, 1.54) is 10.4 Å². The molecule has 0 aromatic heterocycles. The highest BCUT2D eigenvalue weighted by molar-refractivity contribution is 6.99. The minimum absolute atomic E-state index is 0.182. The molecular weight excluding hydrogens is 448 g/mol. The number of hydrogen-bond donors (Lipinski definition) is 1. The molecule has 2 saturated heterocycles. The molecule has 0 saturated carbocycles. The molecule has 0 spiro atoms. The van der Waals surface area contributed by atoms with Crippen molar-refractivity contribution in [3.8, 4) is 0 Å². The molecule has 0 bridgehead atoms. The van der Waals surface area contributed by atoms with Crippen molar-refractivity contribution in [2.45, 2.75) is 69.7 Å². The minimum atomic E-state index is -2.77. The van der Waals surface area contributed by atoms with E-state index < -0.39 is 38.4 Å². The second-order valence-electron chi connectivity index (χ2n) is 10.3. The van der Waals surface area contributed by atoms with Crippen LogP contribution in [0.5, 0.6) is 0 Å². The topological polar surface area (TPSA) is 106 Å². The molecular formula is C25H32N4O4Si. The number of hydrogen-bond acceptors (Lipinski definition) is 5. The summed E-state index contributed by atoms with van der Waals surface area (Å²) in [5, 5.41) is 8.65. The van der Waals surface area contributed by atoms with E-state index in [0.29, 0.717) is 0 Å². The molecule has 4 rings (SSSR count). The maximum Gasteiger partial charge on any atom is 0.261 e. The van der Waals surface area contributed by atoms with E-state index in [9.17, 15) is 4.79 Å². The monoisotopic (exact) mass is 480 g/mol. The summed E-state index contributed by atoms with van der Waals surface area (Å²) in [5.74, 6) is -1.16. The number of azide groups is 1. The zero-order valence-electron chi connectivity index (χ0n) is 20.3.